The Morgan fingerprint density at radius 3 is 2.50 bits per heavy atom. The van der Waals surface area contributed by atoms with Gasteiger partial charge in [-0.3, -0.25) is 9.36 Å². The first-order valence-electron chi connectivity index (χ1n) is 4.16. The van der Waals surface area contributed by atoms with Crippen LogP contribution in [-0.4, -0.2) is 42.6 Å². The van der Waals surface area contributed by atoms with E-state index < -0.39 is 7.60 Å². The molecule has 0 saturated carbocycles. The van der Waals surface area contributed by atoms with Gasteiger partial charge in [-0.2, -0.15) is 4.65 Å². The summed E-state index contributed by atoms with van der Waals surface area (Å²) in [6.07, 6.45) is 1.47. The van der Waals surface area contributed by atoms with E-state index in [1.54, 1.807) is 14.1 Å². The van der Waals surface area contributed by atoms with Gasteiger partial charge in [-0.1, -0.05) is 6.58 Å². The summed E-state index contributed by atoms with van der Waals surface area (Å²) < 4.78 is 15.7. The van der Waals surface area contributed by atoms with E-state index in [1.807, 2.05) is 0 Å². The van der Waals surface area contributed by atoms with Gasteiger partial charge in [0.25, 0.3) is 0 Å². The predicted octanol–water partition coefficient (Wildman–Crippen LogP) is 0.955. The molecule has 0 bridgehead atoms. The second-order valence-electron chi connectivity index (χ2n) is 3.60. The van der Waals surface area contributed by atoms with Crippen molar-refractivity contribution >= 4 is 13.4 Å². The van der Waals surface area contributed by atoms with Gasteiger partial charge in [0, 0.05) is 6.66 Å². The van der Waals surface area contributed by atoms with Crippen LogP contribution in [0.5, 0.6) is 0 Å². The van der Waals surface area contributed by atoms with Crippen molar-refractivity contribution in [1.82, 2.24) is 0 Å². The third-order valence-electron chi connectivity index (χ3n) is 1.50. The van der Waals surface area contributed by atoms with Crippen LogP contribution in [0.15, 0.2) is 12.7 Å². The van der Waals surface area contributed by atoms with Gasteiger partial charge in [0.2, 0.25) is 0 Å². The average Bonchev–Trinajstić information content (AvgIpc) is 1.96. The summed E-state index contributed by atoms with van der Waals surface area (Å²) in [5.41, 5.74) is 0. The van der Waals surface area contributed by atoms with Crippen molar-refractivity contribution in [2.75, 3.05) is 27.3 Å². The van der Waals surface area contributed by atoms with E-state index in [0.29, 0.717) is 6.54 Å². The average molecular weight is 222 g/mol. The SMILES string of the molecule is C=CC(=O)CC[N+](C)(C)OP(C)(=O)O. The lowest BCUT2D eigenvalue weighted by atomic mass is 10.3. The van der Waals surface area contributed by atoms with E-state index in [4.69, 9.17) is 9.52 Å². The van der Waals surface area contributed by atoms with Crippen LogP contribution in [0.4, 0.5) is 0 Å². The molecule has 1 unspecified atom stereocenters. The lowest BCUT2D eigenvalue weighted by Gasteiger charge is -2.26. The number of rotatable bonds is 6. The molecule has 14 heavy (non-hydrogen) atoms. The fourth-order valence-corrected chi connectivity index (χ4v) is 1.83. The molecular formula is C8H17NO4P+. The zero-order chi connectivity index (χ0) is 11.4. The van der Waals surface area contributed by atoms with Crippen LogP contribution in [0.3, 0.4) is 0 Å². The highest BCUT2D eigenvalue weighted by Gasteiger charge is 2.27. The molecule has 6 heteroatoms. The van der Waals surface area contributed by atoms with Gasteiger partial charge >= 0.3 is 7.60 Å². The Labute approximate surface area is 84.1 Å². The maximum atomic E-state index is 11.0. The quantitative estimate of drug-likeness (QED) is 0.314. The Morgan fingerprint density at radius 1 is 1.64 bits per heavy atom. The van der Waals surface area contributed by atoms with Gasteiger partial charge in [0.15, 0.2) is 5.78 Å². The number of hydrogen-bond donors (Lipinski definition) is 1. The molecule has 0 heterocycles. The number of hydrogen-bond acceptors (Lipinski definition) is 3. The van der Waals surface area contributed by atoms with Crippen molar-refractivity contribution in [3.05, 3.63) is 12.7 Å². The molecule has 0 aliphatic rings. The minimum absolute atomic E-state index is 0.108. The van der Waals surface area contributed by atoms with E-state index in [9.17, 15) is 9.36 Å². The molecule has 0 rings (SSSR count). The Balaban J connectivity index is 4.14. The summed E-state index contributed by atoms with van der Waals surface area (Å²) in [6, 6.07) is 0. The molecule has 0 saturated heterocycles. The number of hydroxylamine groups is 3. The van der Waals surface area contributed by atoms with Crippen LogP contribution in [0.25, 0.3) is 0 Å². The van der Waals surface area contributed by atoms with E-state index >= 15 is 0 Å². The fourth-order valence-electron chi connectivity index (χ4n) is 0.932. The van der Waals surface area contributed by atoms with Crippen LogP contribution in [0, 0.1) is 0 Å². The van der Waals surface area contributed by atoms with Gasteiger partial charge in [-0.15, -0.1) is 4.62 Å². The normalized spacial score (nSPS) is 16.0. The summed E-state index contributed by atoms with van der Waals surface area (Å²) >= 11 is 0. The molecule has 0 radical (unpaired) electrons. The summed E-state index contributed by atoms with van der Waals surface area (Å²) in [4.78, 5) is 19.9. The number of allylic oxidation sites excluding steroid dienone is 1. The molecule has 0 aromatic rings. The zero-order valence-corrected chi connectivity index (χ0v) is 9.66. The molecule has 0 amide bonds. The second kappa shape index (κ2) is 4.84. The van der Waals surface area contributed by atoms with Crippen LogP contribution < -0.4 is 0 Å². The first-order valence-corrected chi connectivity index (χ1v) is 6.18. The van der Waals surface area contributed by atoms with E-state index in [0.717, 1.165) is 6.66 Å². The molecule has 0 aromatic heterocycles. The van der Waals surface area contributed by atoms with Gasteiger partial charge in [0.05, 0.1) is 20.5 Å². The first-order chi connectivity index (χ1) is 6.16. The molecule has 0 fully saturated rings. The second-order valence-corrected chi connectivity index (χ2v) is 5.37. The van der Waals surface area contributed by atoms with E-state index in [1.165, 1.54) is 6.08 Å². The first kappa shape index (κ1) is 13.5. The van der Waals surface area contributed by atoms with Gasteiger partial charge in [-0.05, 0) is 6.08 Å². The summed E-state index contributed by atoms with van der Waals surface area (Å²) in [7, 11) is -0.293. The smallest absolute Gasteiger partial charge is 0.321 e. The minimum atomic E-state index is -3.52. The highest BCUT2D eigenvalue weighted by molar-refractivity contribution is 7.51. The summed E-state index contributed by atoms with van der Waals surface area (Å²) in [6.45, 7) is 4.78. The summed E-state index contributed by atoms with van der Waals surface area (Å²) in [5.74, 6) is -0.108. The third kappa shape index (κ3) is 6.97. The lowest BCUT2D eigenvalue weighted by Crippen LogP contribution is -2.39. The number of nitrogens with zero attached hydrogens (tertiary/aromatic N) is 1. The predicted molar refractivity (Wildman–Crippen MR) is 53.6 cm³/mol. The van der Waals surface area contributed by atoms with Gasteiger partial charge in [-0.25, -0.2) is 0 Å². The van der Waals surface area contributed by atoms with Crippen molar-refractivity contribution in [3.63, 3.8) is 0 Å². The van der Waals surface area contributed by atoms with Crippen LogP contribution >= 0.6 is 7.60 Å². The van der Waals surface area contributed by atoms with Gasteiger partial charge in [0.1, 0.15) is 6.54 Å². The molecule has 82 valence electrons. The van der Waals surface area contributed by atoms with Crippen LogP contribution in [-0.2, 0) is 14.0 Å². The topological polar surface area (TPSA) is 63.6 Å². The van der Waals surface area contributed by atoms with Crippen LogP contribution in [0.1, 0.15) is 6.42 Å². The molecule has 0 aromatic carbocycles. The van der Waals surface area contributed by atoms with Crippen molar-refractivity contribution in [1.29, 1.82) is 0 Å². The van der Waals surface area contributed by atoms with Crippen molar-refractivity contribution in [2.24, 2.45) is 0 Å². The highest BCUT2D eigenvalue weighted by Crippen LogP contribution is 2.39. The third-order valence-corrected chi connectivity index (χ3v) is 2.24. The maximum absolute atomic E-state index is 11.0. The molecule has 0 spiro atoms. The number of quaternary nitrogens is 1. The summed E-state index contributed by atoms with van der Waals surface area (Å²) in [5, 5.41) is 0. The Bertz CT molecular complexity index is 269. The minimum Gasteiger partial charge on any atom is -0.321 e. The Hall–Kier alpha value is -0.480. The molecule has 1 atom stereocenters. The molecular weight excluding hydrogens is 205 g/mol. The van der Waals surface area contributed by atoms with Crippen LogP contribution in [0.2, 0.25) is 0 Å². The zero-order valence-electron chi connectivity index (χ0n) is 8.77. The number of ketones is 1. The number of carbonyl (C=O) groups is 1. The van der Waals surface area contributed by atoms with Crippen molar-refractivity contribution < 1.29 is 23.5 Å². The van der Waals surface area contributed by atoms with Gasteiger partial charge < -0.3 is 4.89 Å². The molecule has 1 N–H and O–H groups in total. The largest absolute Gasteiger partial charge is 0.376 e. The highest BCUT2D eigenvalue weighted by atomic mass is 31.2. The Morgan fingerprint density at radius 2 is 2.14 bits per heavy atom. The fraction of sp³-hybridized carbons (Fsp3) is 0.625. The van der Waals surface area contributed by atoms with Crippen molar-refractivity contribution in [2.45, 2.75) is 6.42 Å². The monoisotopic (exact) mass is 222 g/mol. The Kier molecular flexibility index (Phi) is 4.68. The maximum Gasteiger partial charge on any atom is 0.376 e. The van der Waals surface area contributed by atoms with Crippen molar-refractivity contribution in [3.8, 4) is 0 Å². The lowest BCUT2D eigenvalue weighted by molar-refractivity contribution is -1.05. The molecule has 0 aliphatic carbocycles. The molecule has 0 aliphatic heterocycles. The number of carbonyl (C=O) groups excluding carboxylic acids is 1. The standard InChI is InChI=1S/C8H16NO4P/c1-5-8(10)6-7-9(2,3)13-14(4,11)12/h5H,1,6-7H2,2-4H3/p+1. The van der Waals surface area contributed by atoms with E-state index in [-0.39, 0.29) is 16.9 Å². The molecule has 5 nitrogen and oxygen atoms in total. The van der Waals surface area contributed by atoms with E-state index in [2.05, 4.69) is 6.58 Å².